The lowest BCUT2D eigenvalue weighted by Gasteiger charge is -2.13. The van der Waals surface area contributed by atoms with Gasteiger partial charge < -0.3 is 10.1 Å². The van der Waals surface area contributed by atoms with Crippen molar-refractivity contribution in [2.45, 2.75) is 13.2 Å². The Bertz CT molecular complexity index is 1510. The first-order valence-corrected chi connectivity index (χ1v) is 13.2. The van der Waals surface area contributed by atoms with E-state index in [2.05, 4.69) is 80.8 Å². The lowest BCUT2D eigenvalue weighted by Crippen LogP contribution is -2.30. The number of ether oxygens (including phenoxy) is 1. The highest BCUT2D eigenvalue weighted by atomic mass is 127. The van der Waals surface area contributed by atoms with E-state index in [1.807, 2.05) is 24.3 Å². The fourth-order valence-electron chi connectivity index (χ4n) is 3.96. The van der Waals surface area contributed by atoms with Crippen molar-refractivity contribution in [2.75, 3.05) is 0 Å². The summed E-state index contributed by atoms with van der Waals surface area (Å²) in [5, 5.41) is 4.94. The van der Waals surface area contributed by atoms with Crippen molar-refractivity contribution in [2.24, 2.45) is 0 Å². The van der Waals surface area contributed by atoms with Crippen LogP contribution in [-0.4, -0.2) is 16.8 Å². The minimum absolute atomic E-state index is 0.134. The van der Waals surface area contributed by atoms with Crippen LogP contribution in [0.2, 0.25) is 0 Å². The Morgan fingerprint density at radius 1 is 0.889 bits per heavy atom. The van der Waals surface area contributed by atoms with E-state index in [4.69, 9.17) is 4.74 Å². The van der Waals surface area contributed by atoms with E-state index in [-0.39, 0.29) is 17.8 Å². The maximum Gasteiger partial charge on any atom is 0.329 e. The van der Waals surface area contributed by atoms with Crippen LogP contribution in [0.4, 0.5) is 9.18 Å². The van der Waals surface area contributed by atoms with Crippen LogP contribution in [0.5, 0.6) is 5.75 Å². The molecule has 1 N–H and O–H groups in total. The Hall–Kier alpha value is -2.99. The first-order chi connectivity index (χ1) is 17.4. The number of benzene rings is 4. The summed E-state index contributed by atoms with van der Waals surface area (Å²) < 4.78 is 21.9. The van der Waals surface area contributed by atoms with Crippen molar-refractivity contribution >= 4 is 74.0 Å². The van der Waals surface area contributed by atoms with Gasteiger partial charge in [0.15, 0.2) is 0 Å². The molecule has 0 aromatic heterocycles. The number of carbonyl (C=O) groups is 2. The molecule has 180 valence electrons. The van der Waals surface area contributed by atoms with Gasteiger partial charge in [0.25, 0.3) is 5.91 Å². The molecule has 5 rings (SSSR count). The van der Waals surface area contributed by atoms with Gasteiger partial charge in [0, 0.05) is 5.56 Å². The quantitative estimate of drug-likeness (QED) is 0.136. The SMILES string of the molecule is O=C1N/C(=C/c2cc(I)c(OCc3ccc4ccccc4c3)c(I)c2)C(=O)N1Cc1ccccc1F. The van der Waals surface area contributed by atoms with Crippen molar-refractivity contribution in [1.82, 2.24) is 10.2 Å². The fraction of sp³-hybridized carbons (Fsp3) is 0.0714. The van der Waals surface area contributed by atoms with Crippen LogP contribution in [-0.2, 0) is 17.9 Å². The predicted molar refractivity (Wildman–Crippen MR) is 154 cm³/mol. The van der Waals surface area contributed by atoms with Gasteiger partial charge in [0.2, 0.25) is 0 Å². The van der Waals surface area contributed by atoms with Crippen molar-refractivity contribution in [1.29, 1.82) is 0 Å². The summed E-state index contributed by atoms with van der Waals surface area (Å²) in [6.07, 6.45) is 1.62. The molecule has 1 aliphatic heterocycles. The number of carbonyl (C=O) groups excluding carboxylic acids is 2. The van der Waals surface area contributed by atoms with Crippen molar-refractivity contribution in [3.05, 3.63) is 114 Å². The van der Waals surface area contributed by atoms with Gasteiger partial charge in [0.1, 0.15) is 23.9 Å². The number of hydrogen-bond acceptors (Lipinski definition) is 3. The second-order valence-corrected chi connectivity index (χ2v) is 10.6. The molecule has 36 heavy (non-hydrogen) atoms. The molecule has 0 atom stereocenters. The smallest absolute Gasteiger partial charge is 0.329 e. The molecule has 0 saturated carbocycles. The van der Waals surface area contributed by atoms with Crippen LogP contribution in [0, 0.1) is 13.0 Å². The monoisotopic (exact) mass is 704 g/mol. The topological polar surface area (TPSA) is 58.6 Å². The summed E-state index contributed by atoms with van der Waals surface area (Å²) in [6.45, 7) is 0.294. The molecule has 0 bridgehead atoms. The Balaban J connectivity index is 1.32. The minimum atomic E-state index is -0.575. The first-order valence-electron chi connectivity index (χ1n) is 11.1. The van der Waals surface area contributed by atoms with Crippen LogP contribution >= 0.6 is 45.2 Å². The lowest BCUT2D eigenvalue weighted by atomic mass is 10.1. The predicted octanol–water partition coefficient (Wildman–Crippen LogP) is 6.86. The molecule has 0 spiro atoms. The second-order valence-electron chi connectivity index (χ2n) is 8.25. The van der Waals surface area contributed by atoms with E-state index in [0.29, 0.717) is 6.61 Å². The van der Waals surface area contributed by atoms with E-state index >= 15 is 0 Å². The molecular formula is C28H19FI2N2O3. The molecule has 1 saturated heterocycles. The minimum Gasteiger partial charge on any atom is -0.487 e. The standard InChI is InChI=1S/C28H19FI2N2O3/c29-22-8-4-3-7-21(22)15-33-27(34)25(32-28(33)35)14-18-12-23(30)26(24(31)13-18)36-16-17-9-10-19-5-1-2-6-20(19)11-17/h1-14H,15-16H2,(H,32,35)/b25-14+. The van der Waals surface area contributed by atoms with Crippen LogP contribution in [0.25, 0.3) is 16.8 Å². The summed E-state index contributed by atoms with van der Waals surface area (Å²) in [7, 11) is 0. The molecule has 3 amide bonds. The summed E-state index contributed by atoms with van der Waals surface area (Å²) in [6, 6.07) is 23.8. The van der Waals surface area contributed by atoms with Gasteiger partial charge in [-0.2, -0.15) is 0 Å². The van der Waals surface area contributed by atoms with Crippen LogP contribution in [0.3, 0.4) is 0 Å². The third-order valence-electron chi connectivity index (χ3n) is 5.78. The molecule has 0 unspecified atom stereocenters. The first kappa shape index (κ1) is 24.7. The number of amides is 3. The Morgan fingerprint density at radius 2 is 1.58 bits per heavy atom. The number of rotatable bonds is 6. The molecule has 5 nitrogen and oxygen atoms in total. The Labute approximate surface area is 234 Å². The van der Waals surface area contributed by atoms with Gasteiger partial charge in [-0.3, -0.25) is 9.69 Å². The van der Waals surface area contributed by atoms with E-state index in [9.17, 15) is 14.0 Å². The molecule has 0 aliphatic carbocycles. The van der Waals surface area contributed by atoms with Crippen LogP contribution in [0.15, 0.2) is 84.6 Å². The van der Waals surface area contributed by atoms with Crippen molar-refractivity contribution in [3.8, 4) is 5.75 Å². The zero-order valence-corrected chi connectivity index (χ0v) is 23.1. The Kier molecular flexibility index (Phi) is 7.24. The molecule has 8 heteroatoms. The zero-order valence-electron chi connectivity index (χ0n) is 18.8. The van der Waals surface area contributed by atoms with Gasteiger partial charge in [-0.1, -0.05) is 54.6 Å². The largest absolute Gasteiger partial charge is 0.487 e. The molecule has 1 heterocycles. The summed E-state index contributed by atoms with van der Waals surface area (Å²) >= 11 is 4.41. The number of nitrogens with one attached hydrogen (secondary N) is 1. The highest BCUT2D eigenvalue weighted by Crippen LogP contribution is 2.31. The van der Waals surface area contributed by atoms with Gasteiger partial charge in [0.05, 0.1) is 13.7 Å². The van der Waals surface area contributed by atoms with Crippen LogP contribution in [0.1, 0.15) is 16.7 Å². The van der Waals surface area contributed by atoms with Gasteiger partial charge in [-0.15, -0.1) is 0 Å². The molecule has 1 fully saturated rings. The number of fused-ring (bicyclic) bond motifs is 1. The van der Waals surface area contributed by atoms with Crippen molar-refractivity contribution in [3.63, 3.8) is 0 Å². The van der Waals surface area contributed by atoms with E-state index in [1.54, 1.807) is 24.3 Å². The molecular weight excluding hydrogens is 685 g/mol. The third kappa shape index (κ3) is 5.24. The summed E-state index contributed by atoms with van der Waals surface area (Å²) in [4.78, 5) is 26.2. The summed E-state index contributed by atoms with van der Waals surface area (Å²) in [5.74, 6) is -0.196. The number of hydrogen-bond donors (Lipinski definition) is 1. The maximum atomic E-state index is 14.0. The second kappa shape index (κ2) is 10.6. The average molecular weight is 704 g/mol. The van der Waals surface area contributed by atoms with Gasteiger partial charge >= 0.3 is 6.03 Å². The van der Waals surface area contributed by atoms with Crippen LogP contribution < -0.4 is 10.1 Å². The molecule has 4 aromatic rings. The molecule has 0 radical (unpaired) electrons. The van der Waals surface area contributed by atoms with Gasteiger partial charge in [-0.25, -0.2) is 9.18 Å². The number of halogens is 3. The highest BCUT2D eigenvalue weighted by molar-refractivity contribution is 14.1. The van der Waals surface area contributed by atoms with Gasteiger partial charge in [-0.05, 0) is 97.4 Å². The third-order valence-corrected chi connectivity index (χ3v) is 7.38. The number of urea groups is 1. The fourth-order valence-corrected chi connectivity index (χ4v) is 6.09. The molecule has 1 aliphatic rings. The van der Waals surface area contributed by atoms with E-state index in [1.165, 1.54) is 11.5 Å². The number of imide groups is 1. The Morgan fingerprint density at radius 3 is 2.33 bits per heavy atom. The van der Waals surface area contributed by atoms with E-state index < -0.39 is 17.8 Å². The number of nitrogens with zero attached hydrogens (tertiary/aromatic N) is 1. The normalized spacial score (nSPS) is 14.5. The maximum absolute atomic E-state index is 14.0. The zero-order chi connectivity index (χ0) is 25.2. The molecule has 4 aromatic carbocycles. The lowest BCUT2D eigenvalue weighted by molar-refractivity contribution is -0.123. The average Bonchev–Trinajstić information content (AvgIpc) is 3.12. The highest BCUT2D eigenvalue weighted by Gasteiger charge is 2.34. The van der Waals surface area contributed by atoms with Crippen molar-refractivity contribution < 1.29 is 18.7 Å². The summed E-state index contributed by atoms with van der Waals surface area (Å²) in [5.41, 5.74) is 2.24. The van der Waals surface area contributed by atoms with E-state index in [0.717, 1.165) is 34.3 Å².